The van der Waals surface area contributed by atoms with Gasteiger partial charge in [-0.15, -0.1) is 12.6 Å². The van der Waals surface area contributed by atoms with Gasteiger partial charge in [-0.25, -0.2) is 9.18 Å². The largest absolute Gasteiger partial charge is 0.412 e. The van der Waals surface area contributed by atoms with Crippen LogP contribution in [0.2, 0.25) is 0 Å². The first kappa shape index (κ1) is 28.1. The summed E-state index contributed by atoms with van der Waals surface area (Å²) in [7, 11) is 0. The first-order chi connectivity index (χ1) is 15.5. The van der Waals surface area contributed by atoms with Gasteiger partial charge in [0.1, 0.15) is 5.82 Å². The fraction of sp³-hybridized carbons (Fsp3) is 0.0400. The molecule has 184 valence electrons. The van der Waals surface area contributed by atoms with Crippen LogP contribution in [-0.4, -0.2) is 22.0 Å². The number of halogens is 1. The van der Waals surface area contributed by atoms with Crippen LogP contribution in [0, 0.1) is 5.82 Å². The second kappa shape index (κ2) is 14.3. The Kier molecular flexibility index (Phi) is 11.8. The zero-order chi connectivity index (χ0) is 22.8. The molecule has 0 aliphatic heterocycles. The minimum atomic E-state index is -0.261. The Balaban J connectivity index is -0.000000562. The minimum Gasteiger partial charge on any atom is -0.412 e. The molecule has 1 heterocycles. The monoisotopic (exact) mass is 488 g/mol. The average Bonchev–Trinajstić information content (AvgIpc) is 2.81. The van der Waals surface area contributed by atoms with Crippen LogP contribution in [0.3, 0.4) is 0 Å². The van der Waals surface area contributed by atoms with Crippen LogP contribution in [-0.2, 0) is 6.54 Å². The van der Waals surface area contributed by atoms with E-state index < -0.39 is 0 Å². The van der Waals surface area contributed by atoms with Gasteiger partial charge in [-0.05, 0) is 65.2 Å². The van der Waals surface area contributed by atoms with Crippen LogP contribution < -0.4 is 16.4 Å². The lowest BCUT2D eigenvalue weighted by atomic mass is 10.1. The summed E-state index contributed by atoms with van der Waals surface area (Å²) in [4.78, 5) is 16.5. The summed E-state index contributed by atoms with van der Waals surface area (Å²) >= 11 is 4.34. The number of hydrogen-bond donors (Lipinski definition) is 4. The van der Waals surface area contributed by atoms with E-state index in [0.29, 0.717) is 17.9 Å². The van der Waals surface area contributed by atoms with E-state index in [-0.39, 0.29) is 27.1 Å². The van der Waals surface area contributed by atoms with Crippen molar-refractivity contribution in [3.05, 3.63) is 109 Å². The molecule has 0 unspecified atom stereocenters. The number of urea groups is 1. The summed E-state index contributed by atoms with van der Waals surface area (Å²) in [5.41, 5.74) is 9.88. The molecule has 2 amide bonds. The van der Waals surface area contributed by atoms with Crippen LogP contribution in [0.15, 0.2) is 102 Å². The summed E-state index contributed by atoms with van der Waals surface area (Å²) in [6.45, 7) is 0.439. The first-order valence-electron chi connectivity index (χ1n) is 9.84. The minimum absolute atomic E-state index is 0. The van der Waals surface area contributed by atoms with Gasteiger partial charge >= 0.3 is 6.03 Å². The van der Waals surface area contributed by atoms with E-state index in [4.69, 9.17) is 5.73 Å². The molecule has 0 bridgehead atoms. The maximum Gasteiger partial charge on any atom is 0.319 e. The smallest absolute Gasteiger partial charge is 0.319 e. The van der Waals surface area contributed by atoms with Crippen LogP contribution in [0.5, 0.6) is 0 Å². The van der Waals surface area contributed by atoms with Crippen LogP contribution in [0.4, 0.5) is 20.6 Å². The molecule has 34 heavy (non-hydrogen) atoms. The Morgan fingerprint density at radius 2 is 1.62 bits per heavy atom. The van der Waals surface area contributed by atoms with Crippen molar-refractivity contribution in [3.8, 4) is 11.1 Å². The van der Waals surface area contributed by atoms with E-state index >= 15 is 0 Å². The van der Waals surface area contributed by atoms with Crippen molar-refractivity contribution in [2.24, 2.45) is 0 Å². The summed E-state index contributed by atoms with van der Waals surface area (Å²) in [6.07, 6.45) is 3.40. The standard InChI is InChI=1S/C13H14N4O.C12H9FS.2H2O.3H2/c14-11-3-5-12(6-4-11)17-13(18)16-9-10-2-1-7-15-8-10;13-10-7-5-9(6-8-10)11-3-1-2-4-12(11)14;;;;;/h1-8H,9,14H2,(H2,16,17,18);1-8,14H;2*1H2;3*1H. The molecule has 4 rings (SSSR count). The quantitative estimate of drug-likeness (QED) is 0.241. The topological polar surface area (TPSA) is 143 Å². The third kappa shape index (κ3) is 8.91. The Labute approximate surface area is 207 Å². The van der Waals surface area contributed by atoms with Gasteiger partial charge in [-0.2, -0.15) is 0 Å². The number of thiol groups is 1. The molecule has 0 saturated heterocycles. The Morgan fingerprint density at radius 3 is 2.24 bits per heavy atom. The second-order valence-corrected chi connectivity index (χ2v) is 7.30. The molecule has 0 fully saturated rings. The van der Waals surface area contributed by atoms with Crippen LogP contribution in [0.1, 0.15) is 9.84 Å². The van der Waals surface area contributed by atoms with Gasteiger partial charge in [0.2, 0.25) is 0 Å². The molecule has 0 aliphatic carbocycles. The Bertz CT molecular complexity index is 1160. The molecule has 0 atom stereocenters. The molecule has 0 saturated carbocycles. The van der Waals surface area contributed by atoms with Gasteiger partial charge in [-0.3, -0.25) is 4.98 Å². The molecule has 3 aromatic carbocycles. The number of nitrogens with zero attached hydrogens (tertiary/aromatic N) is 1. The molecule has 7 nitrogen and oxygen atoms in total. The van der Waals surface area contributed by atoms with Gasteiger partial charge in [0.05, 0.1) is 0 Å². The molecule has 0 aliphatic rings. The molecule has 4 aromatic rings. The fourth-order valence-corrected chi connectivity index (χ4v) is 3.06. The molecule has 0 radical (unpaired) electrons. The number of carbonyl (C=O) groups is 1. The average molecular weight is 489 g/mol. The fourth-order valence-electron chi connectivity index (χ4n) is 2.77. The third-order valence-electron chi connectivity index (χ3n) is 4.40. The maximum absolute atomic E-state index is 12.7. The molecule has 1 aromatic heterocycles. The Morgan fingerprint density at radius 1 is 0.941 bits per heavy atom. The van der Waals surface area contributed by atoms with Crippen molar-refractivity contribution in [1.29, 1.82) is 0 Å². The number of aromatic nitrogens is 1. The van der Waals surface area contributed by atoms with Crippen molar-refractivity contribution < 1.29 is 24.4 Å². The highest BCUT2D eigenvalue weighted by atomic mass is 32.1. The summed E-state index contributed by atoms with van der Waals surface area (Å²) in [5, 5.41) is 5.45. The number of nitrogens with two attached hydrogens (primary N) is 1. The highest BCUT2D eigenvalue weighted by Gasteiger charge is 2.02. The van der Waals surface area contributed by atoms with E-state index in [1.165, 1.54) is 12.1 Å². The predicted molar refractivity (Wildman–Crippen MR) is 144 cm³/mol. The molecule has 0 spiro atoms. The number of hydrogen-bond acceptors (Lipinski definition) is 4. The first-order valence-corrected chi connectivity index (χ1v) is 10.3. The van der Waals surface area contributed by atoms with E-state index in [2.05, 4.69) is 28.2 Å². The number of nitrogens with one attached hydrogen (secondary N) is 2. The zero-order valence-corrected chi connectivity index (χ0v) is 19.1. The van der Waals surface area contributed by atoms with Gasteiger partial charge in [0.15, 0.2) is 0 Å². The van der Waals surface area contributed by atoms with E-state index in [1.54, 1.807) is 48.8 Å². The van der Waals surface area contributed by atoms with Gasteiger partial charge in [0.25, 0.3) is 0 Å². The number of rotatable bonds is 4. The lowest BCUT2D eigenvalue weighted by Crippen LogP contribution is -2.28. The zero-order valence-electron chi connectivity index (χ0n) is 18.2. The number of pyridine rings is 1. The SMILES string of the molecule is Fc1ccc(-c2ccccc2S)cc1.Nc1ccc(NC(=O)NCc2cccnc2)cc1.O.O.[HH].[HH].[HH]. The molecule has 8 N–H and O–H groups in total. The predicted octanol–water partition coefficient (Wildman–Crippen LogP) is 4.86. The van der Waals surface area contributed by atoms with E-state index in [1.807, 2.05) is 36.4 Å². The van der Waals surface area contributed by atoms with Gasteiger partial charge < -0.3 is 27.3 Å². The highest BCUT2D eigenvalue weighted by Crippen LogP contribution is 2.25. The number of carbonyl (C=O) groups excluding carboxylic acids is 1. The van der Waals surface area contributed by atoms with Crippen molar-refractivity contribution in [3.63, 3.8) is 0 Å². The molecule has 9 heteroatoms. The highest BCUT2D eigenvalue weighted by molar-refractivity contribution is 7.80. The number of nitrogen functional groups attached to an aromatic ring is 1. The van der Waals surface area contributed by atoms with Crippen molar-refractivity contribution in [2.75, 3.05) is 11.1 Å². The maximum atomic E-state index is 12.7. The summed E-state index contributed by atoms with van der Waals surface area (Å²) in [6, 6.07) is 24.6. The molecular weight excluding hydrogens is 455 g/mol. The summed E-state index contributed by atoms with van der Waals surface area (Å²) in [5.74, 6) is -0.217. The Hall–Kier alpha value is -3.92. The van der Waals surface area contributed by atoms with Crippen molar-refractivity contribution in [2.45, 2.75) is 11.4 Å². The van der Waals surface area contributed by atoms with Crippen LogP contribution in [0.25, 0.3) is 11.1 Å². The van der Waals surface area contributed by atoms with Crippen LogP contribution >= 0.6 is 12.6 Å². The second-order valence-electron chi connectivity index (χ2n) is 6.82. The number of benzene rings is 3. The van der Waals surface area contributed by atoms with Gasteiger partial charge in [-0.1, -0.05) is 36.4 Å². The molecular formula is C25H33FN4O3S. The third-order valence-corrected chi connectivity index (χ3v) is 4.79. The van der Waals surface area contributed by atoms with Gasteiger partial charge in [0, 0.05) is 39.5 Å². The van der Waals surface area contributed by atoms with E-state index in [9.17, 15) is 9.18 Å². The van der Waals surface area contributed by atoms with Crippen molar-refractivity contribution in [1.82, 2.24) is 10.3 Å². The number of anilines is 2. The van der Waals surface area contributed by atoms with Crippen molar-refractivity contribution >= 4 is 30.0 Å². The number of amides is 2. The normalized spacial score (nSPS) is 9.35. The summed E-state index contributed by atoms with van der Waals surface area (Å²) < 4.78 is 12.7. The van der Waals surface area contributed by atoms with E-state index in [0.717, 1.165) is 21.6 Å². The lowest BCUT2D eigenvalue weighted by molar-refractivity contribution is 0.251. The lowest BCUT2D eigenvalue weighted by Gasteiger charge is -2.07.